The summed E-state index contributed by atoms with van der Waals surface area (Å²) in [5, 5.41) is 0. The number of nitrogens with one attached hydrogen (secondary N) is 1. The number of carbonyl (C=O) groups excluding carboxylic acids is 1. The summed E-state index contributed by atoms with van der Waals surface area (Å²) in [6.07, 6.45) is 0. The summed E-state index contributed by atoms with van der Waals surface area (Å²) in [6, 6.07) is 0. The van der Waals surface area contributed by atoms with E-state index in [0.717, 1.165) is 0 Å². The quantitative estimate of drug-likeness (QED) is 0.234. The van der Waals surface area contributed by atoms with E-state index in [-0.39, 0.29) is 12.8 Å². The Labute approximate surface area is 53.5 Å². The molecule has 0 saturated carbocycles. The predicted octanol–water partition coefficient (Wildman–Crippen LogP) is -1.92. The van der Waals surface area contributed by atoms with Crippen molar-refractivity contribution in [3.63, 3.8) is 0 Å². The molecule has 0 aromatic rings. The molecule has 1 amide bonds. The van der Waals surface area contributed by atoms with Crippen molar-refractivity contribution >= 4 is 18.4 Å². The zero-order valence-corrected chi connectivity index (χ0v) is 5.12. The van der Waals surface area contributed by atoms with Crippen LogP contribution in [0.15, 0.2) is 0 Å². The third kappa shape index (κ3) is 52.9. The Morgan fingerprint density at radius 1 is 1.75 bits per heavy atom. The minimum absolute atomic E-state index is 0. The van der Waals surface area contributed by atoms with Crippen molar-refractivity contribution in [3.05, 3.63) is 0 Å². The van der Waals surface area contributed by atoms with E-state index in [1.165, 1.54) is 6.92 Å². The summed E-state index contributed by atoms with van der Waals surface area (Å²) >= 11 is 2.83. The Bertz CT molecular complexity index is 63.8. The second kappa shape index (κ2) is 16.1. The molecule has 0 saturated heterocycles. The molecular formula is C2H10N2O3S. The van der Waals surface area contributed by atoms with Crippen LogP contribution in [0.2, 0.25) is 0 Å². The second-order valence-electron chi connectivity index (χ2n) is 0.701. The average Bonchev–Trinajstić information content (AvgIpc) is 1.73. The van der Waals surface area contributed by atoms with E-state index in [0.29, 0.717) is 0 Å². The van der Waals surface area contributed by atoms with E-state index in [9.17, 15) is 4.79 Å². The molecule has 0 aromatic carbocycles. The van der Waals surface area contributed by atoms with Crippen LogP contribution in [0, 0.1) is 0 Å². The molecule has 0 atom stereocenters. The number of hydrazine groups is 1. The van der Waals surface area contributed by atoms with Crippen LogP contribution in [-0.2, 0) is 17.3 Å². The van der Waals surface area contributed by atoms with Crippen LogP contribution in [0.4, 0.5) is 0 Å². The maximum absolute atomic E-state index is 9.58. The zero-order chi connectivity index (χ0) is 6.28. The molecule has 0 bridgehead atoms. The molecule has 8 heavy (non-hydrogen) atoms. The van der Waals surface area contributed by atoms with Crippen LogP contribution in [0.5, 0.6) is 0 Å². The Balaban J connectivity index is -0.0000000286. The Hall–Kier alpha value is -0.590. The highest BCUT2D eigenvalue weighted by molar-refractivity contribution is 7.44. The van der Waals surface area contributed by atoms with Crippen molar-refractivity contribution in [2.75, 3.05) is 0 Å². The van der Waals surface area contributed by atoms with Crippen molar-refractivity contribution in [2.24, 2.45) is 5.84 Å². The third-order valence-electron chi connectivity index (χ3n) is 0.203. The van der Waals surface area contributed by atoms with Gasteiger partial charge in [-0.25, -0.2) is 5.84 Å². The summed E-state index contributed by atoms with van der Waals surface area (Å²) in [6.45, 7) is 1.35. The van der Waals surface area contributed by atoms with Gasteiger partial charge in [0.2, 0.25) is 5.91 Å². The maximum Gasteiger partial charge on any atom is 0.230 e. The summed E-state index contributed by atoms with van der Waals surface area (Å²) < 4.78 is 7.83. The van der Waals surface area contributed by atoms with Crippen LogP contribution in [0.25, 0.3) is 0 Å². The zero-order valence-electron chi connectivity index (χ0n) is 4.30. The van der Waals surface area contributed by atoms with Crippen LogP contribution < -0.4 is 11.3 Å². The SMILES string of the molecule is CC(=O)NN.O.O=S.[HH]. The number of carbonyl (C=O) groups is 1. The first-order valence-electron chi connectivity index (χ1n) is 1.41. The molecule has 52 valence electrons. The first kappa shape index (κ1) is 15.7. The van der Waals surface area contributed by atoms with Gasteiger partial charge in [-0.05, 0) is 0 Å². The van der Waals surface area contributed by atoms with Crippen molar-refractivity contribution < 1.29 is 15.9 Å². The van der Waals surface area contributed by atoms with Gasteiger partial charge >= 0.3 is 0 Å². The Morgan fingerprint density at radius 2 is 1.88 bits per heavy atom. The highest BCUT2D eigenvalue weighted by Gasteiger charge is 1.73. The lowest BCUT2D eigenvalue weighted by Gasteiger charge is -1.80. The van der Waals surface area contributed by atoms with E-state index >= 15 is 0 Å². The minimum Gasteiger partial charge on any atom is -0.412 e. The maximum atomic E-state index is 9.58. The Morgan fingerprint density at radius 3 is 1.88 bits per heavy atom. The van der Waals surface area contributed by atoms with E-state index < -0.39 is 0 Å². The minimum atomic E-state index is -0.218. The monoisotopic (exact) mass is 142 g/mol. The van der Waals surface area contributed by atoms with Gasteiger partial charge in [0.15, 0.2) is 12.5 Å². The smallest absolute Gasteiger partial charge is 0.230 e. The molecule has 5 N–H and O–H groups in total. The largest absolute Gasteiger partial charge is 0.412 e. The summed E-state index contributed by atoms with van der Waals surface area (Å²) in [5.41, 5.74) is 1.89. The van der Waals surface area contributed by atoms with Gasteiger partial charge in [0.1, 0.15) is 0 Å². The van der Waals surface area contributed by atoms with Crippen molar-refractivity contribution in [1.29, 1.82) is 0 Å². The Kier molecular flexibility index (Phi) is 31.6. The molecule has 0 aliphatic rings. The molecular weight excluding hydrogens is 132 g/mol. The molecule has 5 nitrogen and oxygen atoms in total. The highest BCUT2D eigenvalue weighted by Crippen LogP contribution is 1.41. The number of amides is 1. The van der Waals surface area contributed by atoms with E-state index in [1.54, 1.807) is 0 Å². The van der Waals surface area contributed by atoms with Gasteiger partial charge in [-0.1, -0.05) is 0 Å². The molecule has 0 radical (unpaired) electrons. The molecule has 0 aliphatic carbocycles. The molecule has 0 spiro atoms. The lowest BCUT2D eigenvalue weighted by Crippen LogP contribution is -2.26. The van der Waals surface area contributed by atoms with Crippen molar-refractivity contribution in [3.8, 4) is 0 Å². The summed E-state index contributed by atoms with van der Waals surface area (Å²) in [7, 11) is 0. The molecule has 0 fully saturated rings. The fourth-order valence-electron chi connectivity index (χ4n) is 0. The highest BCUT2D eigenvalue weighted by atomic mass is 32.1. The molecule has 0 heterocycles. The molecule has 0 rings (SSSR count). The topological polar surface area (TPSA) is 104 Å². The number of hydrogen-bond donors (Lipinski definition) is 2. The molecule has 0 aliphatic heterocycles. The predicted molar refractivity (Wildman–Crippen MR) is 31.9 cm³/mol. The van der Waals surface area contributed by atoms with Crippen molar-refractivity contribution in [1.82, 2.24) is 5.43 Å². The summed E-state index contributed by atoms with van der Waals surface area (Å²) in [5.74, 6) is 4.35. The lowest BCUT2D eigenvalue weighted by molar-refractivity contribution is -0.119. The van der Waals surface area contributed by atoms with Crippen molar-refractivity contribution in [2.45, 2.75) is 6.92 Å². The second-order valence-corrected chi connectivity index (χ2v) is 0.701. The average molecular weight is 142 g/mol. The van der Waals surface area contributed by atoms with Gasteiger partial charge < -0.3 is 5.48 Å². The van der Waals surface area contributed by atoms with Gasteiger partial charge in [-0.3, -0.25) is 10.2 Å². The first-order valence-corrected chi connectivity index (χ1v) is 1.74. The normalized spacial score (nSPS) is 4.75. The van der Waals surface area contributed by atoms with Crippen LogP contribution in [-0.4, -0.2) is 15.6 Å². The molecule has 6 heteroatoms. The summed E-state index contributed by atoms with van der Waals surface area (Å²) in [4.78, 5) is 9.58. The van der Waals surface area contributed by atoms with E-state index in [2.05, 4.69) is 18.4 Å². The van der Waals surface area contributed by atoms with Crippen LogP contribution >= 0.6 is 0 Å². The van der Waals surface area contributed by atoms with Gasteiger partial charge in [-0.2, -0.15) is 4.21 Å². The van der Waals surface area contributed by atoms with Crippen LogP contribution in [0.3, 0.4) is 0 Å². The van der Waals surface area contributed by atoms with E-state index in [1.807, 2.05) is 5.43 Å². The molecule has 0 aromatic heterocycles. The number of rotatable bonds is 0. The standard InChI is InChI=1S/C2H6N2O.OS.H2O.H2/c1-2(5)4-3;1-2;;/h3H2,1H3,(H,4,5);;1H2;1H. The number of nitrogens with two attached hydrogens (primary N) is 1. The first-order chi connectivity index (χ1) is 3.27. The van der Waals surface area contributed by atoms with Gasteiger partial charge in [-0.15, -0.1) is 0 Å². The lowest BCUT2D eigenvalue weighted by atomic mass is 10.8. The van der Waals surface area contributed by atoms with Crippen LogP contribution in [0.1, 0.15) is 8.35 Å². The number of hydrogen-bond acceptors (Lipinski definition) is 4. The van der Waals surface area contributed by atoms with Gasteiger partial charge in [0, 0.05) is 8.35 Å². The van der Waals surface area contributed by atoms with Gasteiger partial charge in [0.05, 0.1) is 0 Å². The third-order valence-corrected chi connectivity index (χ3v) is 0.203. The molecule has 0 unspecified atom stereocenters. The fourth-order valence-corrected chi connectivity index (χ4v) is 0. The van der Waals surface area contributed by atoms with Gasteiger partial charge in [0.25, 0.3) is 0 Å². The van der Waals surface area contributed by atoms with E-state index in [4.69, 9.17) is 4.21 Å². The fraction of sp³-hybridized carbons (Fsp3) is 0.500.